The lowest BCUT2D eigenvalue weighted by molar-refractivity contribution is -0.111. The van der Waals surface area contributed by atoms with Crippen molar-refractivity contribution in [2.45, 2.75) is 13.3 Å². The van der Waals surface area contributed by atoms with E-state index in [9.17, 15) is 4.79 Å². The van der Waals surface area contributed by atoms with E-state index in [0.29, 0.717) is 11.4 Å². The number of carbonyl (C=O) groups excluding carboxylic acids is 1. The number of carbonyl (C=O) groups is 1. The lowest BCUT2D eigenvalue weighted by Gasteiger charge is -2.10. The molecular weight excluding hydrogens is 352 g/mol. The molecule has 1 N–H and O–H groups in total. The fourth-order valence-corrected chi connectivity index (χ4v) is 3.04. The second kappa shape index (κ2) is 7.96. The summed E-state index contributed by atoms with van der Waals surface area (Å²) in [7, 11) is 0. The summed E-state index contributed by atoms with van der Waals surface area (Å²) >= 11 is 0. The lowest BCUT2D eigenvalue weighted by atomic mass is 10.1. The van der Waals surface area contributed by atoms with Crippen molar-refractivity contribution in [2.24, 2.45) is 0 Å². The van der Waals surface area contributed by atoms with Crippen molar-refractivity contribution in [2.75, 3.05) is 11.9 Å². The van der Waals surface area contributed by atoms with Crippen molar-refractivity contribution < 1.29 is 14.3 Å². The first kappa shape index (κ1) is 17.8. The molecule has 2 heterocycles. The van der Waals surface area contributed by atoms with Crippen LogP contribution in [0.2, 0.25) is 0 Å². The standard InChI is InChI=1S/C23H20N2O3/c1-16-13-19(6-8-21(16)28-20-3-2-11-24-15-20)25-23(26)9-5-17-4-7-22-18(14-17)10-12-27-22/h2-9,11,13-15H,10,12H2,1H3,(H,25,26). The minimum Gasteiger partial charge on any atom is -0.493 e. The van der Waals surface area contributed by atoms with Crippen LogP contribution in [0.1, 0.15) is 16.7 Å². The molecule has 1 aliphatic heterocycles. The Morgan fingerprint density at radius 2 is 2.14 bits per heavy atom. The largest absolute Gasteiger partial charge is 0.493 e. The summed E-state index contributed by atoms with van der Waals surface area (Å²) < 4.78 is 11.3. The maximum atomic E-state index is 12.2. The Hall–Kier alpha value is -3.60. The summed E-state index contributed by atoms with van der Waals surface area (Å²) in [6, 6.07) is 15.1. The molecule has 0 aliphatic carbocycles. The Morgan fingerprint density at radius 3 is 2.96 bits per heavy atom. The van der Waals surface area contributed by atoms with E-state index in [4.69, 9.17) is 9.47 Å². The van der Waals surface area contributed by atoms with Gasteiger partial charge in [0.05, 0.1) is 12.8 Å². The fourth-order valence-electron chi connectivity index (χ4n) is 3.04. The Kier molecular flexibility index (Phi) is 5.06. The number of aromatic nitrogens is 1. The molecule has 2 aromatic carbocycles. The number of ether oxygens (including phenoxy) is 2. The van der Waals surface area contributed by atoms with Crippen LogP contribution in [0.15, 0.2) is 67.0 Å². The molecule has 1 aliphatic rings. The van der Waals surface area contributed by atoms with E-state index in [0.717, 1.165) is 35.7 Å². The van der Waals surface area contributed by atoms with Gasteiger partial charge in [-0.25, -0.2) is 0 Å². The third-order valence-electron chi connectivity index (χ3n) is 4.45. The zero-order valence-corrected chi connectivity index (χ0v) is 15.5. The van der Waals surface area contributed by atoms with Crippen LogP contribution in [0.25, 0.3) is 6.08 Å². The first-order valence-electron chi connectivity index (χ1n) is 9.11. The van der Waals surface area contributed by atoms with Gasteiger partial charge >= 0.3 is 0 Å². The van der Waals surface area contributed by atoms with Gasteiger partial charge in [-0.3, -0.25) is 9.78 Å². The molecule has 140 valence electrons. The summed E-state index contributed by atoms with van der Waals surface area (Å²) in [4.78, 5) is 16.3. The molecule has 0 saturated heterocycles. The predicted molar refractivity (Wildman–Crippen MR) is 109 cm³/mol. The van der Waals surface area contributed by atoms with Gasteiger partial charge in [-0.1, -0.05) is 6.07 Å². The first-order chi connectivity index (χ1) is 13.7. The van der Waals surface area contributed by atoms with Gasteiger partial charge in [0.25, 0.3) is 0 Å². The lowest BCUT2D eigenvalue weighted by Crippen LogP contribution is -2.07. The van der Waals surface area contributed by atoms with Gasteiger partial charge in [0.15, 0.2) is 0 Å². The van der Waals surface area contributed by atoms with Crippen LogP contribution in [-0.4, -0.2) is 17.5 Å². The highest BCUT2D eigenvalue weighted by Gasteiger charge is 2.11. The van der Waals surface area contributed by atoms with Crippen LogP contribution in [0.3, 0.4) is 0 Å². The zero-order chi connectivity index (χ0) is 19.3. The van der Waals surface area contributed by atoms with Gasteiger partial charge in [-0.05, 0) is 72.2 Å². The second-order valence-electron chi connectivity index (χ2n) is 6.56. The van der Waals surface area contributed by atoms with Crippen molar-refractivity contribution in [1.82, 2.24) is 4.98 Å². The minimum absolute atomic E-state index is 0.183. The molecule has 4 rings (SSSR count). The quantitative estimate of drug-likeness (QED) is 0.656. The average Bonchev–Trinajstić information content (AvgIpc) is 3.17. The Balaban J connectivity index is 1.39. The zero-order valence-electron chi connectivity index (χ0n) is 15.5. The Bertz CT molecular complexity index is 1030. The number of aryl methyl sites for hydroxylation is 1. The van der Waals surface area contributed by atoms with E-state index < -0.39 is 0 Å². The molecular formula is C23H20N2O3. The number of amides is 1. The molecule has 0 radical (unpaired) electrons. The van der Waals surface area contributed by atoms with Crippen LogP contribution < -0.4 is 14.8 Å². The molecule has 1 amide bonds. The molecule has 0 fully saturated rings. The monoisotopic (exact) mass is 372 g/mol. The van der Waals surface area contributed by atoms with Crippen molar-refractivity contribution in [3.05, 3.63) is 83.7 Å². The number of fused-ring (bicyclic) bond motifs is 1. The topological polar surface area (TPSA) is 60.5 Å². The van der Waals surface area contributed by atoms with E-state index in [1.807, 2.05) is 49.4 Å². The molecule has 1 aromatic heterocycles. The number of nitrogens with one attached hydrogen (secondary N) is 1. The number of hydrogen-bond donors (Lipinski definition) is 1. The third kappa shape index (κ3) is 4.20. The molecule has 0 atom stereocenters. The number of nitrogens with zero attached hydrogens (tertiary/aromatic N) is 1. The molecule has 5 heteroatoms. The fraction of sp³-hybridized carbons (Fsp3) is 0.130. The third-order valence-corrected chi connectivity index (χ3v) is 4.45. The average molecular weight is 372 g/mol. The number of anilines is 1. The predicted octanol–water partition coefficient (Wildman–Crippen LogP) is 4.77. The van der Waals surface area contributed by atoms with Crippen LogP contribution in [-0.2, 0) is 11.2 Å². The number of rotatable bonds is 5. The van der Waals surface area contributed by atoms with Gasteiger partial charge in [-0.15, -0.1) is 0 Å². The van der Waals surface area contributed by atoms with Crippen LogP contribution in [0.4, 0.5) is 5.69 Å². The van der Waals surface area contributed by atoms with E-state index in [1.54, 1.807) is 18.5 Å². The molecule has 3 aromatic rings. The van der Waals surface area contributed by atoms with Gasteiger partial charge in [0.1, 0.15) is 17.2 Å². The van der Waals surface area contributed by atoms with E-state index >= 15 is 0 Å². The highest BCUT2D eigenvalue weighted by molar-refractivity contribution is 6.02. The molecule has 0 spiro atoms. The van der Waals surface area contributed by atoms with Crippen molar-refractivity contribution in [1.29, 1.82) is 0 Å². The summed E-state index contributed by atoms with van der Waals surface area (Å²) in [6.45, 7) is 2.66. The highest BCUT2D eigenvalue weighted by atomic mass is 16.5. The minimum atomic E-state index is -0.183. The molecule has 0 saturated carbocycles. The van der Waals surface area contributed by atoms with Crippen LogP contribution in [0.5, 0.6) is 17.2 Å². The number of benzene rings is 2. The van der Waals surface area contributed by atoms with Crippen molar-refractivity contribution >= 4 is 17.7 Å². The van der Waals surface area contributed by atoms with E-state index in [1.165, 1.54) is 11.6 Å². The molecule has 0 unspecified atom stereocenters. The van der Waals surface area contributed by atoms with Crippen LogP contribution >= 0.6 is 0 Å². The number of pyridine rings is 1. The summed E-state index contributed by atoms with van der Waals surface area (Å²) in [5.41, 5.74) is 3.80. The maximum Gasteiger partial charge on any atom is 0.248 e. The summed E-state index contributed by atoms with van der Waals surface area (Å²) in [5.74, 6) is 2.15. The Morgan fingerprint density at radius 1 is 1.21 bits per heavy atom. The molecule has 0 bridgehead atoms. The molecule has 28 heavy (non-hydrogen) atoms. The Labute approximate surface area is 163 Å². The summed E-state index contributed by atoms with van der Waals surface area (Å²) in [6.07, 6.45) is 7.61. The van der Waals surface area contributed by atoms with Gasteiger partial charge < -0.3 is 14.8 Å². The van der Waals surface area contributed by atoms with E-state index in [2.05, 4.69) is 16.4 Å². The van der Waals surface area contributed by atoms with Crippen molar-refractivity contribution in [3.8, 4) is 17.2 Å². The van der Waals surface area contributed by atoms with Gasteiger partial charge in [0, 0.05) is 24.4 Å². The smallest absolute Gasteiger partial charge is 0.248 e. The second-order valence-corrected chi connectivity index (χ2v) is 6.56. The van der Waals surface area contributed by atoms with Crippen LogP contribution in [0, 0.1) is 6.92 Å². The number of hydrogen-bond acceptors (Lipinski definition) is 4. The molecule has 5 nitrogen and oxygen atoms in total. The first-order valence-corrected chi connectivity index (χ1v) is 9.11. The van der Waals surface area contributed by atoms with Gasteiger partial charge in [-0.2, -0.15) is 0 Å². The normalized spacial score (nSPS) is 12.5. The van der Waals surface area contributed by atoms with Gasteiger partial charge in [0.2, 0.25) is 5.91 Å². The van der Waals surface area contributed by atoms with E-state index in [-0.39, 0.29) is 5.91 Å². The SMILES string of the molecule is Cc1cc(NC(=O)C=Cc2ccc3c(c2)CCO3)ccc1Oc1cccnc1. The maximum absolute atomic E-state index is 12.2. The van der Waals surface area contributed by atoms with Crippen molar-refractivity contribution in [3.63, 3.8) is 0 Å². The summed E-state index contributed by atoms with van der Waals surface area (Å²) in [5, 5.41) is 2.88. The highest BCUT2D eigenvalue weighted by Crippen LogP contribution is 2.27.